The number of fused-ring (bicyclic) bond motifs is 1. The first-order chi connectivity index (χ1) is 12.2. The van der Waals surface area contributed by atoms with Crippen molar-refractivity contribution in [3.05, 3.63) is 42.4 Å². The molecule has 1 saturated heterocycles. The van der Waals surface area contributed by atoms with Gasteiger partial charge in [0, 0.05) is 18.9 Å². The van der Waals surface area contributed by atoms with Gasteiger partial charge in [-0.05, 0) is 37.1 Å². The van der Waals surface area contributed by atoms with E-state index >= 15 is 0 Å². The average molecular weight is 358 g/mol. The van der Waals surface area contributed by atoms with Crippen LogP contribution in [0.1, 0.15) is 32.6 Å². The molecule has 2 aromatic rings. The van der Waals surface area contributed by atoms with Crippen LogP contribution >= 0.6 is 11.8 Å². The van der Waals surface area contributed by atoms with E-state index < -0.39 is 0 Å². The van der Waals surface area contributed by atoms with Crippen molar-refractivity contribution < 1.29 is 9.59 Å². The van der Waals surface area contributed by atoms with Crippen LogP contribution in [-0.2, 0) is 4.79 Å². The average Bonchev–Trinajstić information content (AvgIpc) is 3.18. The van der Waals surface area contributed by atoms with Gasteiger partial charge in [-0.25, -0.2) is 9.78 Å². The van der Waals surface area contributed by atoms with Crippen molar-refractivity contribution in [3.63, 3.8) is 0 Å². The van der Waals surface area contributed by atoms with Gasteiger partial charge in [-0.3, -0.25) is 19.4 Å². The number of hydrogen-bond donors (Lipinski definition) is 1. The molecule has 6 nitrogen and oxygen atoms in total. The summed E-state index contributed by atoms with van der Waals surface area (Å²) in [6, 6.07) is 5.77. The number of rotatable bonds is 8. The molecule has 7 heteroatoms. The molecule has 0 atom stereocenters. The fourth-order valence-corrected chi connectivity index (χ4v) is 3.78. The zero-order chi connectivity index (χ0) is 17.6. The summed E-state index contributed by atoms with van der Waals surface area (Å²) >= 11 is 1.78. The molecular formula is C18H22N4O2S. The van der Waals surface area contributed by atoms with Gasteiger partial charge in [0.2, 0.25) is 0 Å². The Labute approximate surface area is 151 Å². The Bertz CT molecular complexity index is 799. The Morgan fingerprint density at radius 2 is 2.16 bits per heavy atom. The molecule has 0 aliphatic carbocycles. The highest BCUT2D eigenvalue weighted by Crippen LogP contribution is 2.21. The SMILES string of the molecule is CCCC=C1C(=O)NC(=O)N1CCCCSc1cccc2nccn12. The maximum absolute atomic E-state index is 11.9. The minimum atomic E-state index is -0.303. The fourth-order valence-electron chi connectivity index (χ4n) is 2.75. The molecular weight excluding hydrogens is 336 g/mol. The Balaban J connectivity index is 1.48. The van der Waals surface area contributed by atoms with E-state index in [1.165, 1.54) is 0 Å². The number of carbonyl (C=O) groups excluding carboxylic acids is 2. The van der Waals surface area contributed by atoms with Crippen LogP contribution in [0, 0.1) is 0 Å². The second-order valence-electron chi connectivity index (χ2n) is 5.86. The summed E-state index contributed by atoms with van der Waals surface area (Å²) in [6.07, 6.45) is 9.20. The van der Waals surface area contributed by atoms with Crippen molar-refractivity contribution in [1.82, 2.24) is 19.6 Å². The van der Waals surface area contributed by atoms with E-state index in [0.717, 1.165) is 42.1 Å². The van der Waals surface area contributed by atoms with Gasteiger partial charge in [-0.1, -0.05) is 25.5 Å². The van der Waals surface area contributed by atoms with Crippen LogP contribution in [0.2, 0.25) is 0 Å². The number of carbonyl (C=O) groups is 2. The third kappa shape index (κ3) is 4.04. The normalized spacial score (nSPS) is 16.2. The molecule has 1 fully saturated rings. The quantitative estimate of drug-likeness (QED) is 0.340. The third-order valence-corrected chi connectivity index (χ3v) is 5.15. The van der Waals surface area contributed by atoms with Crippen molar-refractivity contribution in [3.8, 4) is 0 Å². The fraction of sp³-hybridized carbons (Fsp3) is 0.389. The van der Waals surface area contributed by atoms with E-state index in [0.29, 0.717) is 12.2 Å². The van der Waals surface area contributed by atoms with E-state index in [9.17, 15) is 9.59 Å². The second kappa shape index (κ2) is 8.20. The van der Waals surface area contributed by atoms with Crippen LogP contribution in [-0.4, -0.2) is 38.5 Å². The van der Waals surface area contributed by atoms with Gasteiger partial charge in [0.05, 0.1) is 5.03 Å². The molecule has 0 radical (unpaired) electrons. The predicted octanol–water partition coefficient (Wildman–Crippen LogP) is 3.44. The van der Waals surface area contributed by atoms with Gasteiger partial charge in [0.1, 0.15) is 11.3 Å². The summed E-state index contributed by atoms with van der Waals surface area (Å²) in [5.41, 5.74) is 1.45. The Hall–Kier alpha value is -2.28. The lowest BCUT2D eigenvalue weighted by Crippen LogP contribution is -2.28. The second-order valence-corrected chi connectivity index (χ2v) is 6.98. The molecule has 1 aliphatic heterocycles. The third-order valence-electron chi connectivity index (χ3n) is 4.03. The van der Waals surface area contributed by atoms with Crippen molar-refractivity contribution in [1.29, 1.82) is 0 Å². The van der Waals surface area contributed by atoms with E-state index in [1.54, 1.807) is 22.9 Å². The van der Waals surface area contributed by atoms with Crippen molar-refractivity contribution in [2.45, 2.75) is 37.6 Å². The molecule has 3 heterocycles. The first kappa shape index (κ1) is 17.5. The lowest BCUT2D eigenvalue weighted by atomic mass is 10.2. The number of pyridine rings is 1. The summed E-state index contributed by atoms with van der Waals surface area (Å²) in [5, 5.41) is 3.53. The summed E-state index contributed by atoms with van der Waals surface area (Å²) in [7, 11) is 0. The van der Waals surface area contributed by atoms with Crippen LogP contribution in [0.15, 0.2) is 47.4 Å². The van der Waals surface area contributed by atoms with Crippen molar-refractivity contribution in [2.75, 3.05) is 12.3 Å². The number of thioether (sulfide) groups is 1. The van der Waals surface area contributed by atoms with Gasteiger partial charge in [0.25, 0.3) is 5.91 Å². The molecule has 0 bridgehead atoms. The van der Waals surface area contributed by atoms with Gasteiger partial charge in [0.15, 0.2) is 0 Å². The lowest BCUT2D eigenvalue weighted by molar-refractivity contribution is -0.116. The number of imide groups is 1. The van der Waals surface area contributed by atoms with E-state index in [4.69, 9.17) is 0 Å². The van der Waals surface area contributed by atoms with Crippen LogP contribution in [0.3, 0.4) is 0 Å². The minimum absolute atomic E-state index is 0.278. The number of hydrogen-bond acceptors (Lipinski definition) is 4. The van der Waals surface area contributed by atoms with Gasteiger partial charge in [-0.15, -0.1) is 11.8 Å². The number of urea groups is 1. The molecule has 0 saturated carbocycles. The minimum Gasteiger partial charge on any atom is -0.294 e. The summed E-state index contributed by atoms with van der Waals surface area (Å²) in [4.78, 5) is 29.6. The maximum atomic E-state index is 11.9. The number of amides is 3. The smallest absolute Gasteiger partial charge is 0.294 e. The summed E-state index contributed by atoms with van der Waals surface area (Å²) < 4.78 is 2.07. The van der Waals surface area contributed by atoms with Crippen molar-refractivity contribution >= 4 is 29.3 Å². The molecule has 0 unspecified atom stereocenters. The Morgan fingerprint density at radius 3 is 3.00 bits per heavy atom. The molecule has 1 aliphatic rings. The standard InChI is InChI=1S/C18H22N4O2S/c1-2-3-7-14-17(23)20-18(24)21(14)11-4-5-13-25-16-9-6-8-15-19-10-12-22(15)16/h6-10,12H,2-5,11,13H2,1H3,(H,20,23,24). The number of nitrogens with zero attached hydrogens (tertiary/aromatic N) is 3. The number of aromatic nitrogens is 2. The van der Waals surface area contributed by atoms with E-state index in [1.807, 2.05) is 31.3 Å². The van der Waals surface area contributed by atoms with Crippen molar-refractivity contribution in [2.24, 2.45) is 0 Å². The number of unbranched alkanes of at least 4 members (excludes halogenated alkanes) is 2. The van der Waals surface area contributed by atoms with Crippen LogP contribution < -0.4 is 5.32 Å². The summed E-state index contributed by atoms with van der Waals surface area (Å²) in [5.74, 6) is 0.675. The Kier molecular flexibility index (Phi) is 5.75. The van der Waals surface area contributed by atoms with E-state index in [-0.39, 0.29) is 11.9 Å². The zero-order valence-electron chi connectivity index (χ0n) is 14.3. The van der Waals surface area contributed by atoms with Gasteiger partial charge >= 0.3 is 6.03 Å². The highest BCUT2D eigenvalue weighted by Gasteiger charge is 2.31. The largest absolute Gasteiger partial charge is 0.328 e. The first-order valence-corrected chi connectivity index (χ1v) is 9.57. The zero-order valence-corrected chi connectivity index (χ0v) is 15.1. The number of nitrogens with one attached hydrogen (secondary N) is 1. The molecule has 3 amide bonds. The lowest BCUT2D eigenvalue weighted by Gasteiger charge is -2.15. The predicted molar refractivity (Wildman–Crippen MR) is 98.4 cm³/mol. The topological polar surface area (TPSA) is 66.7 Å². The molecule has 1 N–H and O–H groups in total. The molecule has 132 valence electrons. The number of imidazole rings is 1. The van der Waals surface area contributed by atoms with Gasteiger partial charge < -0.3 is 0 Å². The molecule has 0 spiro atoms. The molecule has 0 aromatic carbocycles. The van der Waals surface area contributed by atoms with Crippen LogP contribution in [0.4, 0.5) is 4.79 Å². The van der Waals surface area contributed by atoms with Crippen LogP contribution in [0.25, 0.3) is 5.65 Å². The number of allylic oxidation sites excluding steroid dienone is 1. The molecule has 3 rings (SSSR count). The van der Waals surface area contributed by atoms with Crippen LogP contribution in [0.5, 0.6) is 0 Å². The highest BCUT2D eigenvalue weighted by atomic mass is 32.2. The maximum Gasteiger partial charge on any atom is 0.328 e. The summed E-state index contributed by atoms with van der Waals surface area (Å²) in [6.45, 7) is 2.62. The Morgan fingerprint density at radius 1 is 1.28 bits per heavy atom. The highest BCUT2D eigenvalue weighted by molar-refractivity contribution is 7.99. The first-order valence-electron chi connectivity index (χ1n) is 8.58. The molecule has 2 aromatic heterocycles. The van der Waals surface area contributed by atoms with E-state index in [2.05, 4.69) is 20.8 Å². The monoisotopic (exact) mass is 358 g/mol. The molecule has 25 heavy (non-hydrogen) atoms. The van der Waals surface area contributed by atoms with Gasteiger partial charge in [-0.2, -0.15) is 0 Å².